The van der Waals surface area contributed by atoms with Crippen molar-refractivity contribution in [2.45, 2.75) is 64.1 Å². The van der Waals surface area contributed by atoms with Gasteiger partial charge < -0.3 is 27.0 Å². The molecule has 0 rings (SSSR count). The predicted octanol–water partition coefficient (Wildman–Crippen LogP) is 0.202. The Morgan fingerprint density at radius 2 is 1.86 bits per heavy atom. The summed E-state index contributed by atoms with van der Waals surface area (Å²) >= 11 is 0. The average Bonchev–Trinajstić information content (AvgIpc) is 2.49. The molecule has 7 nitrogen and oxygen atoms in total. The van der Waals surface area contributed by atoms with E-state index in [4.69, 9.17) is 16.9 Å². The van der Waals surface area contributed by atoms with Gasteiger partial charge in [-0.3, -0.25) is 10.2 Å². The van der Waals surface area contributed by atoms with E-state index in [1.165, 1.54) is 0 Å². The van der Waals surface area contributed by atoms with Crippen LogP contribution in [0, 0.1) is 5.41 Å². The number of nitrogens with one attached hydrogen (secondary N) is 3. The van der Waals surface area contributed by atoms with Gasteiger partial charge in [0.05, 0.1) is 6.04 Å². The number of nitrogens with two attached hydrogens (primary N) is 2. The lowest BCUT2D eigenvalue weighted by molar-refractivity contribution is -0.133. The third-order valence-electron chi connectivity index (χ3n) is 4.09. The summed E-state index contributed by atoms with van der Waals surface area (Å²) < 4.78 is 0. The van der Waals surface area contributed by atoms with E-state index >= 15 is 0 Å². The second-order valence-corrected chi connectivity index (χ2v) is 6.01. The molecule has 0 radical (unpaired) electrons. The summed E-state index contributed by atoms with van der Waals surface area (Å²) in [5.41, 5.74) is 11.2. The molecule has 0 aliphatic carbocycles. The van der Waals surface area contributed by atoms with Gasteiger partial charge in [-0.05, 0) is 53.0 Å². The van der Waals surface area contributed by atoms with E-state index in [-0.39, 0.29) is 17.9 Å². The van der Waals surface area contributed by atoms with Gasteiger partial charge >= 0.3 is 0 Å². The van der Waals surface area contributed by atoms with E-state index in [0.29, 0.717) is 25.4 Å². The fraction of sp³-hybridized carbons (Fsp3) is 0.867. The quantitative estimate of drug-likeness (QED) is 0.212. The van der Waals surface area contributed by atoms with E-state index in [1.807, 2.05) is 14.1 Å². The molecule has 0 aliphatic rings. The smallest absolute Gasteiger partial charge is 0.239 e. The van der Waals surface area contributed by atoms with Gasteiger partial charge in [0.25, 0.3) is 0 Å². The van der Waals surface area contributed by atoms with Crippen LogP contribution in [0.5, 0.6) is 0 Å². The van der Waals surface area contributed by atoms with Crippen molar-refractivity contribution in [2.75, 3.05) is 20.6 Å². The van der Waals surface area contributed by atoms with Crippen molar-refractivity contribution in [1.29, 1.82) is 5.41 Å². The fourth-order valence-electron chi connectivity index (χ4n) is 2.20. The van der Waals surface area contributed by atoms with Crippen LogP contribution in [0.3, 0.4) is 0 Å². The minimum atomic E-state index is -0.488. The molecule has 3 atom stereocenters. The number of hydrogen-bond acceptors (Lipinski definition) is 4. The summed E-state index contributed by atoms with van der Waals surface area (Å²) in [6.45, 7) is 4.79. The molecule has 0 heterocycles. The maximum Gasteiger partial charge on any atom is 0.239 e. The first-order valence-corrected chi connectivity index (χ1v) is 8.07. The Hall–Kier alpha value is -1.34. The first-order chi connectivity index (χ1) is 10.3. The molecule has 130 valence electrons. The Balaban J connectivity index is 4.03. The molecule has 7 heteroatoms. The van der Waals surface area contributed by atoms with Gasteiger partial charge in [0.1, 0.15) is 0 Å². The summed E-state index contributed by atoms with van der Waals surface area (Å²) in [7, 11) is 3.78. The Kier molecular flexibility index (Phi) is 10.6. The average molecular weight is 314 g/mol. The van der Waals surface area contributed by atoms with Crippen LogP contribution in [0.4, 0.5) is 0 Å². The number of carbonyl (C=O) groups is 1. The standard InChI is InChI=1S/C15H34N6O/c1-11(19-3)7-5-8-12(2)21(4)14(22)13(16)9-6-10-20-15(17)18/h11-13,19H,5-10,16H2,1-4H3,(H4,17,18,20)/t11-,12-,13+/m1/s1. The molecule has 22 heavy (non-hydrogen) atoms. The highest BCUT2D eigenvalue weighted by Gasteiger charge is 2.21. The van der Waals surface area contributed by atoms with Crippen LogP contribution in [-0.4, -0.2) is 55.5 Å². The molecule has 0 bridgehead atoms. The number of likely N-dealkylation sites (N-methyl/N-ethyl adjacent to an activating group) is 1. The highest BCUT2D eigenvalue weighted by atomic mass is 16.2. The molecular formula is C15H34N6O. The first kappa shape index (κ1) is 20.7. The van der Waals surface area contributed by atoms with Crippen molar-refractivity contribution in [1.82, 2.24) is 15.5 Å². The van der Waals surface area contributed by atoms with Crippen LogP contribution >= 0.6 is 0 Å². The lowest BCUT2D eigenvalue weighted by Crippen LogP contribution is -2.46. The number of hydrogen-bond donors (Lipinski definition) is 5. The van der Waals surface area contributed by atoms with Gasteiger partial charge in [-0.2, -0.15) is 0 Å². The van der Waals surface area contributed by atoms with Crippen molar-refractivity contribution >= 4 is 11.9 Å². The lowest BCUT2D eigenvalue weighted by atomic mass is 10.0. The molecule has 0 aromatic heterocycles. The van der Waals surface area contributed by atoms with E-state index in [0.717, 1.165) is 19.3 Å². The molecule has 0 saturated carbocycles. The Labute approximate surface area is 134 Å². The summed E-state index contributed by atoms with van der Waals surface area (Å²) in [5, 5.41) is 13.0. The minimum Gasteiger partial charge on any atom is -0.370 e. The van der Waals surface area contributed by atoms with Crippen molar-refractivity contribution in [3.8, 4) is 0 Å². The largest absolute Gasteiger partial charge is 0.370 e. The molecule has 0 unspecified atom stereocenters. The minimum absolute atomic E-state index is 0.0167. The molecule has 0 aromatic carbocycles. The van der Waals surface area contributed by atoms with Crippen molar-refractivity contribution in [2.24, 2.45) is 11.5 Å². The van der Waals surface area contributed by atoms with Crippen LogP contribution < -0.4 is 22.1 Å². The number of nitrogens with zero attached hydrogens (tertiary/aromatic N) is 1. The third-order valence-corrected chi connectivity index (χ3v) is 4.09. The van der Waals surface area contributed by atoms with Crippen LogP contribution in [0.15, 0.2) is 0 Å². The van der Waals surface area contributed by atoms with Crippen molar-refractivity contribution in [3.05, 3.63) is 0 Å². The fourth-order valence-corrected chi connectivity index (χ4v) is 2.20. The van der Waals surface area contributed by atoms with Crippen LogP contribution in [0.1, 0.15) is 46.0 Å². The molecule has 7 N–H and O–H groups in total. The Morgan fingerprint density at radius 1 is 1.23 bits per heavy atom. The molecule has 0 spiro atoms. The number of rotatable bonds is 11. The van der Waals surface area contributed by atoms with Gasteiger partial charge in [0, 0.05) is 25.7 Å². The van der Waals surface area contributed by atoms with Gasteiger partial charge in [0.15, 0.2) is 5.96 Å². The van der Waals surface area contributed by atoms with Gasteiger partial charge in [-0.25, -0.2) is 0 Å². The first-order valence-electron chi connectivity index (χ1n) is 8.07. The molecule has 0 aliphatic heterocycles. The van der Waals surface area contributed by atoms with Crippen LogP contribution in [0.2, 0.25) is 0 Å². The summed E-state index contributed by atoms with van der Waals surface area (Å²) in [4.78, 5) is 14.0. The summed E-state index contributed by atoms with van der Waals surface area (Å²) in [6.07, 6.45) is 4.47. The van der Waals surface area contributed by atoms with Gasteiger partial charge in [-0.1, -0.05) is 0 Å². The Bertz CT molecular complexity index is 336. The van der Waals surface area contributed by atoms with E-state index in [2.05, 4.69) is 24.5 Å². The van der Waals surface area contributed by atoms with Crippen LogP contribution in [-0.2, 0) is 4.79 Å². The van der Waals surface area contributed by atoms with E-state index < -0.39 is 6.04 Å². The van der Waals surface area contributed by atoms with Crippen molar-refractivity contribution < 1.29 is 4.79 Å². The highest BCUT2D eigenvalue weighted by Crippen LogP contribution is 2.10. The lowest BCUT2D eigenvalue weighted by Gasteiger charge is -2.28. The van der Waals surface area contributed by atoms with Gasteiger partial charge in [0.2, 0.25) is 5.91 Å². The predicted molar refractivity (Wildman–Crippen MR) is 91.7 cm³/mol. The Morgan fingerprint density at radius 3 is 2.41 bits per heavy atom. The van der Waals surface area contributed by atoms with E-state index in [1.54, 1.807) is 4.90 Å². The molecular weight excluding hydrogens is 280 g/mol. The summed E-state index contributed by atoms with van der Waals surface area (Å²) in [6, 6.07) is 0.208. The molecule has 0 saturated heterocycles. The number of guanidine groups is 1. The topological polar surface area (TPSA) is 120 Å². The van der Waals surface area contributed by atoms with Crippen molar-refractivity contribution in [3.63, 3.8) is 0 Å². The molecule has 1 amide bonds. The van der Waals surface area contributed by atoms with Gasteiger partial charge in [-0.15, -0.1) is 0 Å². The summed E-state index contributed by atoms with van der Waals surface area (Å²) in [5.74, 6) is -0.0709. The number of amides is 1. The second kappa shape index (κ2) is 11.3. The van der Waals surface area contributed by atoms with E-state index in [9.17, 15) is 4.79 Å². The normalized spacial score (nSPS) is 15.0. The maximum atomic E-state index is 12.3. The second-order valence-electron chi connectivity index (χ2n) is 6.01. The third kappa shape index (κ3) is 8.84. The number of carbonyl (C=O) groups excluding carboxylic acids is 1. The zero-order valence-electron chi connectivity index (χ0n) is 14.5. The monoisotopic (exact) mass is 314 g/mol. The SMILES string of the molecule is CN[C@H](C)CCC[C@@H](C)N(C)C(=O)[C@@H](N)CCCNC(=N)N. The molecule has 0 fully saturated rings. The van der Waals surface area contributed by atoms with Crippen LogP contribution in [0.25, 0.3) is 0 Å². The molecule has 0 aromatic rings. The zero-order chi connectivity index (χ0) is 17.1. The highest BCUT2D eigenvalue weighted by molar-refractivity contribution is 5.81. The zero-order valence-corrected chi connectivity index (χ0v) is 14.5. The maximum absolute atomic E-state index is 12.3.